The first-order valence-corrected chi connectivity index (χ1v) is 7.19. The smallest absolute Gasteiger partial charge is 0.237 e. The maximum atomic E-state index is 11.6. The van der Waals surface area contributed by atoms with E-state index in [-0.39, 0.29) is 5.91 Å². The van der Waals surface area contributed by atoms with Gasteiger partial charge in [-0.05, 0) is 33.2 Å². The number of methoxy groups -OCH3 is 1. The van der Waals surface area contributed by atoms with Crippen molar-refractivity contribution in [1.82, 2.24) is 10.2 Å². The Morgan fingerprint density at radius 3 is 2.47 bits per heavy atom. The highest BCUT2D eigenvalue weighted by Gasteiger charge is 2.30. The number of likely N-dealkylation sites (N-methyl/N-ethyl adjacent to an activating group) is 1. The molecule has 2 atom stereocenters. The molecule has 0 aliphatic carbocycles. The summed E-state index contributed by atoms with van der Waals surface area (Å²) in [7, 11) is 1.71. The molecule has 0 aliphatic heterocycles. The average Bonchev–Trinajstić information content (AvgIpc) is 2.38. The Bertz CT molecular complexity index is 261. The lowest BCUT2D eigenvalue weighted by molar-refractivity contribution is -0.124. The van der Waals surface area contributed by atoms with Crippen molar-refractivity contribution < 1.29 is 9.53 Å². The number of carbonyl (C=O) groups is 1. The van der Waals surface area contributed by atoms with Crippen molar-refractivity contribution in [3.63, 3.8) is 0 Å². The summed E-state index contributed by atoms with van der Waals surface area (Å²) in [5.41, 5.74) is 4.88. The van der Waals surface area contributed by atoms with Crippen LogP contribution in [0.25, 0.3) is 0 Å². The van der Waals surface area contributed by atoms with Crippen molar-refractivity contribution in [2.45, 2.75) is 52.1 Å². The third-order valence-electron chi connectivity index (χ3n) is 3.81. The van der Waals surface area contributed by atoms with Gasteiger partial charge in [-0.2, -0.15) is 0 Å². The van der Waals surface area contributed by atoms with Gasteiger partial charge in [0, 0.05) is 26.2 Å². The molecule has 0 aromatic rings. The van der Waals surface area contributed by atoms with Crippen molar-refractivity contribution in [1.29, 1.82) is 0 Å². The lowest BCUT2D eigenvalue weighted by Crippen LogP contribution is -2.55. The predicted molar refractivity (Wildman–Crippen MR) is 79.1 cm³/mol. The van der Waals surface area contributed by atoms with Gasteiger partial charge in [0.05, 0.1) is 12.1 Å². The fraction of sp³-hybridized carbons (Fsp3) is 0.929. The summed E-state index contributed by atoms with van der Waals surface area (Å²) in [5, 5.41) is 3.19. The lowest BCUT2D eigenvalue weighted by atomic mass is 9.96. The standard InChI is InChI=1S/C14H31N3O2/c1-6-12(3)17(10-11-19-5)9-8-14(4,13(15)18)16-7-2/h12,16H,6-11H2,1-5H3,(H2,15,18). The maximum absolute atomic E-state index is 11.6. The molecule has 0 heterocycles. The molecule has 0 aromatic carbocycles. The number of carbonyl (C=O) groups excluding carboxylic acids is 1. The molecule has 0 fully saturated rings. The number of hydrogen-bond acceptors (Lipinski definition) is 4. The number of nitrogens with zero attached hydrogens (tertiary/aromatic N) is 1. The number of nitrogens with one attached hydrogen (secondary N) is 1. The lowest BCUT2D eigenvalue weighted by Gasteiger charge is -2.33. The van der Waals surface area contributed by atoms with Crippen LogP contribution in [0.1, 0.15) is 40.5 Å². The fourth-order valence-electron chi connectivity index (χ4n) is 2.08. The molecule has 0 spiro atoms. The number of nitrogens with two attached hydrogens (primary N) is 1. The van der Waals surface area contributed by atoms with Crippen LogP contribution in [0.4, 0.5) is 0 Å². The van der Waals surface area contributed by atoms with E-state index in [1.54, 1.807) is 7.11 Å². The first kappa shape index (κ1) is 18.4. The van der Waals surface area contributed by atoms with Gasteiger partial charge >= 0.3 is 0 Å². The normalized spacial score (nSPS) is 16.3. The fourth-order valence-corrected chi connectivity index (χ4v) is 2.08. The molecular formula is C14H31N3O2. The Hall–Kier alpha value is -0.650. The zero-order valence-corrected chi connectivity index (χ0v) is 13.2. The van der Waals surface area contributed by atoms with Gasteiger partial charge in [-0.3, -0.25) is 9.69 Å². The van der Waals surface area contributed by atoms with E-state index in [1.165, 1.54) is 0 Å². The number of hydrogen-bond donors (Lipinski definition) is 2. The summed E-state index contributed by atoms with van der Waals surface area (Å²) in [4.78, 5) is 13.9. The Morgan fingerprint density at radius 2 is 2.05 bits per heavy atom. The summed E-state index contributed by atoms with van der Waals surface area (Å²) < 4.78 is 5.14. The molecule has 5 heteroatoms. The molecule has 114 valence electrons. The Morgan fingerprint density at radius 1 is 1.42 bits per heavy atom. The number of amides is 1. The molecule has 0 saturated heterocycles. The minimum absolute atomic E-state index is 0.287. The van der Waals surface area contributed by atoms with E-state index in [1.807, 2.05) is 13.8 Å². The summed E-state index contributed by atoms with van der Waals surface area (Å²) in [5.74, 6) is -0.287. The summed E-state index contributed by atoms with van der Waals surface area (Å²) in [6, 6.07) is 0.480. The van der Waals surface area contributed by atoms with Crippen LogP contribution in [0, 0.1) is 0 Å². The van der Waals surface area contributed by atoms with E-state index in [4.69, 9.17) is 10.5 Å². The van der Waals surface area contributed by atoms with Crippen molar-refractivity contribution in [3.05, 3.63) is 0 Å². The second kappa shape index (κ2) is 9.28. The highest BCUT2D eigenvalue weighted by molar-refractivity contribution is 5.84. The van der Waals surface area contributed by atoms with Gasteiger partial charge in [-0.25, -0.2) is 0 Å². The van der Waals surface area contributed by atoms with Crippen molar-refractivity contribution in [2.75, 3.05) is 33.4 Å². The minimum Gasteiger partial charge on any atom is -0.383 e. The molecule has 0 aromatic heterocycles. The van der Waals surface area contributed by atoms with Crippen LogP contribution < -0.4 is 11.1 Å². The third-order valence-corrected chi connectivity index (χ3v) is 3.81. The Balaban J connectivity index is 4.53. The molecular weight excluding hydrogens is 242 g/mol. The van der Waals surface area contributed by atoms with Crippen LogP contribution >= 0.6 is 0 Å². The van der Waals surface area contributed by atoms with Crippen molar-refractivity contribution in [2.24, 2.45) is 5.73 Å². The molecule has 0 radical (unpaired) electrons. The summed E-state index contributed by atoms with van der Waals surface area (Å²) in [6.45, 7) is 11.4. The van der Waals surface area contributed by atoms with Gasteiger partial charge in [0.1, 0.15) is 0 Å². The molecule has 1 amide bonds. The van der Waals surface area contributed by atoms with Crippen LogP contribution in [-0.2, 0) is 9.53 Å². The van der Waals surface area contributed by atoms with Crippen LogP contribution in [0.3, 0.4) is 0 Å². The van der Waals surface area contributed by atoms with Crippen LogP contribution in [0.2, 0.25) is 0 Å². The minimum atomic E-state index is -0.631. The van der Waals surface area contributed by atoms with E-state index in [0.717, 1.165) is 26.1 Å². The van der Waals surface area contributed by atoms with Gasteiger partial charge in [0.15, 0.2) is 0 Å². The zero-order chi connectivity index (χ0) is 14.9. The molecule has 3 N–H and O–H groups in total. The largest absolute Gasteiger partial charge is 0.383 e. The molecule has 19 heavy (non-hydrogen) atoms. The van der Waals surface area contributed by atoms with Gasteiger partial charge < -0.3 is 15.8 Å². The Kier molecular flexibility index (Phi) is 8.97. The van der Waals surface area contributed by atoms with E-state index in [0.29, 0.717) is 19.1 Å². The van der Waals surface area contributed by atoms with Crippen molar-refractivity contribution >= 4 is 5.91 Å². The zero-order valence-electron chi connectivity index (χ0n) is 13.2. The van der Waals surface area contributed by atoms with E-state index in [2.05, 4.69) is 24.1 Å². The number of rotatable bonds is 11. The van der Waals surface area contributed by atoms with E-state index < -0.39 is 5.54 Å². The quantitative estimate of drug-likeness (QED) is 0.589. The molecule has 0 aliphatic rings. The molecule has 5 nitrogen and oxygen atoms in total. The predicted octanol–water partition coefficient (Wildman–Crippen LogP) is 0.977. The third kappa shape index (κ3) is 6.36. The van der Waals surface area contributed by atoms with Crippen LogP contribution in [-0.4, -0.2) is 55.7 Å². The van der Waals surface area contributed by atoms with Gasteiger partial charge in [0.2, 0.25) is 5.91 Å². The molecule has 0 rings (SSSR count). The highest BCUT2D eigenvalue weighted by Crippen LogP contribution is 2.13. The number of ether oxygens (including phenoxy) is 1. The average molecular weight is 273 g/mol. The van der Waals surface area contributed by atoms with Crippen LogP contribution in [0.5, 0.6) is 0 Å². The first-order valence-electron chi connectivity index (χ1n) is 7.19. The topological polar surface area (TPSA) is 67.6 Å². The number of primary amides is 1. The Labute approximate surface area is 117 Å². The SMILES string of the molecule is CCNC(C)(CCN(CCOC)C(C)CC)C(N)=O. The van der Waals surface area contributed by atoms with E-state index in [9.17, 15) is 4.79 Å². The van der Waals surface area contributed by atoms with Crippen molar-refractivity contribution in [3.8, 4) is 0 Å². The second-order valence-corrected chi connectivity index (χ2v) is 5.26. The van der Waals surface area contributed by atoms with Crippen LogP contribution in [0.15, 0.2) is 0 Å². The summed E-state index contributed by atoms with van der Waals surface area (Å²) >= 11 is 0. The monoisotopic (exact) mass is 273 g/mol. The second-order valence-electron chi connectivity index (χ2n) is 5.26. The summed E-state index contributed by atoms with van der Waals surface area (Å²) in [6.07, 6.45) is 1.79. The molecule has 2 unspecified atom stereocenters. The maximum Gasteiger partial charge on any atom is 0.237 e. The molecule has 0 saturated carbocycles. The first-order chi connectivity index (χ1) is 8.91. The van der Waals surface area contributed by atoms with Gasteiger partial charge in [0.25, 0.3) is 0 Å². The van der Waals surface area contributed by atoms with Gasteiger partial charge in [-0.1, -0.05) is 13.8 Å². The van der Waals surface area contributed by atoms with Gasteiger partial charge in [-0.15, -0.1) is 0 Å². The molecule has 0 bridgehead atoms. The van der Waals surface area contributed by atoms with E-state index >= 15 is 0 Å². The highest BCUT2D eigenvalue weighted by atomic mass is 16.5.